The summed E-state index contributed by atoms with van der Waals surface area (Å²) in [4.78, 5) is 23.0. The number of halogens is 3. The van der Waals surface area contributed by atoms with Crippen molar-refractivity contribution in [3.05, 3.63) is 73.0 Å². The standard InChI is InChI=1S/C16H13Cl2FN2O3/c1-8-4-3-5-10(15(8)21(23)24)16(22)20-9(2)11-6-14(19)13(18)7-12(11)17/h3-7,9H,1-2H3,(H,20,22). The minimum Gasteiger partial charge on any atom is -0.345 e. The van der Waals surface area contributed by atoms with Gasteiger partial charge in [-0.2, -0.15) is 0 Å². The molecular weight excluding hydrogens is 358 g/mol. The van der Waals surface area contributed by atoms with Gasteiger partial charge >= 0.3 is 0 Å². The van der Waals surface area contributed by atoms with Gasteiger partial charge in [-0.05, 0) is 37.6 Å². The lowest BCUT2D eigenvalue weighted by Crippen LogP contribution is -2.27. The minimum absolute atomic E-state index is 0.0718. The van der Waals surface area contributed by atoms with Crippen molar-refractivity contribution in [3.8, 4) is 0 Å². The molecule has 2 aromatic carbocycles. The molecule has 0 fully saturated rings. The first-order valence-electron chi connectivity index (χ1n) is 6.91. The summed E-state index contributed by atoms with van der Waals surface area (Å²) in [5, 5.41) is 13.8. The topological polar surface area (TPSA) is 72.2 Å². The SMILES string of the molecule is Cc1cccc(C(=O)NC(C)c2cc(F)c(Cl)cc2Cl)c1[N+](=O)[O-]. The number of rotatable bonds is 4. The Morgan fingerprint density at radius 3 is 2.58 bits per heavy atom. The summed E-state index contributed by atoms with van der Waals surface area (Å²) in [7, 11) is 0. The number of benzene rings is 2. The number of para-hydroxylation sites is 1. The van der Waals surface area contributed by atoms with E-state index in [-0.39, 0.29) is 21.3 Å². The summed E-state index contributed by atoms with van der Waals surface area (Å²) in [5.74, 6) is -1.32. The molecule has 126 valence electrons. The zero-order valence-electron chi connectivity index (χ0n) is 12.8. The highest BCUT2D eigenvalue weighted by molar-refractivity contribution is 6.35. The molecule has 0 aliphatic heterocycles. The summed E-state index contributed by atoms with van der Waals surface area (Å²) in [5.41, 5.74) is 0.353. The van der Waals surface area contributed by atoms with Crippen molar-refractivity contribution >= 4 is 34.8 Å². The van der Waals surface area contributed by atoms with Crippen molar-refractivity contribution in [3.63, 3.8) is 0 Å². The van der Waals surface area contributed by atoms with Gasteiger partial charge in [-0.15, -0.1) is 0 Å². The molecule has 2 rings (SSSR count). The first kappa shape index (κ1) is 18.2. The van der Waals surface area contributed by atoms with E-state index >= 15 is 0 Å². The molecular formula is C16H13Cl2FN2O3. The second-order valence-corrected chi connectivity index (χ2v) is 6.03. The van der Waals surface area contributed by atoms with Gasteiger partial charge in [-0.25, -0.2) is 4.39 Å². The molecule has 24 heavy (non-hydrogen) atoms. The third-order valence-electron chi connectivity index (χ3n) is 3.52. The Morgan fingerprint density at radius 2 is 1.96 bits per heavy atom. The van der Waals surface area contributed by atoms with E-state index in [4.69, 9.17) is 23.2 Å². The molecule has 0 saturated heterocycles. The molecule has 0 saturated carbocycles. The van der Waals surface area contributed by atoms with Gasteiger partial charge in [-0.3, -0.25) is 14.9 Å². The lowest BCUT2D eigenvalue weighted by atomic mass is 10.1. The largest absolute Gasteiger partial charge is 0.345 e. The maximum atomic E-state index is 13.6. The van der Waals surface area contributed by atoms with E-state index in [0.717, 1.165) is 6.07 Å². The van der Waals surface area contributed by atoms with Crippen LogP contribution in [0.15, 0.2) is 30.3 Å². The number of hydrogen-bond acceptors (Lipinski definition) is 3. The lowest BCUT2D eigenvalue weighted by Gasteiger charge is -2.16. The van der Waals surface area contributed by atoms with Crippen LogP contribution in [0.1, 0.15) is 34.5 Å². The molecule has 1 N–H and O–H groups in total. The van der Waals surface area contributed by atoms with Crippen LogP contribution >= 0.6 is 23.2 Å². The van der Waals surface area contributed by atoms with E-state index in [0.29, 0.717) is 11.1 Å². The Balaban J connectivity index is 2.32. The van der Waals surface area contributed by atoms with Gasteiger partial charge in [0, 0.05) is 10.6 Å². The van der Waals surface area contributed by atoms with Gasteiger partial charge in [0.05, 0.1) is 16.0 Å². The van der Waals surface area contributed by atoms with Crippen molar-refractivity contribution < 1.29 is 14.1 Å². The van der Waals surface area contributed by atoms with Crippen LogP contribution < -0.4 is 5.32 Å². The van der Waals surface area contributed by atoms with Crippen molar-refractivity contribution in [1.29, 1.82) is 0 Å². The molecule has 1 amide bonds. The van der Waals surface area contributed by atoms with Crippen LogP contribution in [0, 0.1) is 22.9 Å². The Bertz CT molecular complexity index is 827. The van der Waals surface area contributed by atoms with Crippen LogP contribution in [0.5, 0.6) is 0 Å². The minimum atomic E-state index is -0.670. The van der Waals surface area contributed by atoms with Gasteiger partial charge in [0.2, 0.25) is 0 Å². The zero-order chi connectivity index (χ0) is 18.0. The van der Waals surface area contributed by atoms with Crippen LogP contribution in [-0.4, -0.2) is 10.8 Å². The predicted octanol–water partition coefficient (Wildman–Crippen LogP) is 4.84. The highest BCUT2D eigenvalue weighted by Gasteiger charge is 2.24. The second-order valence-electron chi connectivity index (χ2n) is 5.21. The summed E-state index contributed by atoms with van der Waals surface area (Å²) >= 11 is 11.7. The quantitative estimate of drug-likeness (QED) is 0.475. The summed E-state index contributed by atoms with van der Waals surface area (Å²) in [6.07, 6.45) is 0. The van der Waals surface area contributed by atoms with Gasteiger partial charge in [0.1, 0.15) is 11.4 Å². The first-order chi connectivity index (χ1) is 11.2. The van der Waals surface area contributed by atoms with E-state index in [2.05, 4.69) is 5.32 Å². The van der Waals surface area contributed by atoms with Gasteiger partial charge in [0.15, 0.2) is 0 Å². The maximum absolute atomic E-state index is 13.6. The zero-order valence-corrected chi connectivity index (χ0v) is 14.3. The number of amides is 1. The molecule has 2 aromatic rings. The monoisotopic (exact) mass is 370 g/mol. The fourth-order valence-corrected chi connectivity index (χ4v) is 2.85. The van der Waals surface area contributed by atoms with Crippen molar-refractivity contribution in [2.24, 2.45) is 0 Å². The molecule has 0 aliphatic carbocycles. The van der Waals surface area contributed by atoms with Crippen molar-refractivity contribution in [2.75, 3.05) is 0 Å². The van der Waals surface area contributed by atoms with Crippen LogP contribution in [0.4, 0.5) is 10.1 Å². The molecule has 0 aromatic heterocycles. The highest BCUT2D eigenvalue weighted by Crippen LogP contribution is 2.29. The average Bonchev–Trinajstić information content (AvgIpc) is 2.50. The number of nitrogens with zero attached hydrogens (tertiary/aromatic N) is 1. The van der Waals surface area contributed by atoms with E-state index in [1.165, 1.54) is 12.1 Å². The molecule has 5 nitrogen and oxygen atoms in total. The normalized spacial score (nSPS) is 11.9. The fourth-order valence-electron chi connectivity index (χ4n) is 2.31. The molecule has 1 atom stereocenters. The number of carbonyl (C=O) groups excluding carboxylic acids is 1. The van der Waals surface area contributed by atoms with Crippen molar-refractivity contribution in [1.82, 2.24) is 5.32 Å². The molecule has 0 bridgehead atoms. The molecule has 0 radical (unpaired) electrons. The van der Waals surface area contributed by atoms with E-state index in [1.807, 2.05) is 0 Å². The number of nitro groups is 1. The molecule has 0 heterocycles. The predicted molar refractivity (Wildman–Crippen MR) is 90.1 cm³/mol. The maximum Gasteiger partial charge on any atom is 0.285 e. The number of aryl methyl sites for hydroxylation is 1. The van der Waals surface area contributed by atoms with E-state index in [9.17, 15) is 19.3 Å². The summed E-state index contributed by atoms with van der Waals surface area (Å²) in [6.45, 7) is 3.14. The van der Waals surface area contributed by atoms with E-state index in [1.54, 1.807) is 26.0 Å². The number of nitrogens with one attached hydrogen (secondary N) is 1. The summed E-state index contributed by atoms with van der Waals surface area (Å²) in [6, 6.07) is 6.15. The third kappa shape index (κ3) is 3.66. The van der Waals surface area contributed by atoms with Gasteiger partial charge in [-0.1, -0.05) is 35.3 Å². The Kier molecular flexibility index (Phi) is 5.41. The highest BCUT2D eigenvalue weighted by atomic mass is 35.5. The average molecular weight is 371 g/mol. The molecule has 1 unspecified atom stereocenters. The third-order valence-corrected chi connectivity index (χ3v) is 4.14. The van der Waals surface area contributed by atoms with Crippen LogP contribution in [0.2, 0.25) is 10.0 Å². The first-order valence-corrected chi connectivity index (χ1v) is 7.67. The van der Waals surface area contributed by atoms with Crippen LogP contribution in [0.3, 0.4) is 0 Å². The Labute approximate surface area is 147 Å². The van der Waals surface area contributed by atoms with Crippen LogP contribution in [0.25, 0.3) is 0 Å². The number of carbonyl (C=O) groups is 1. The number of nitro benzene ring substituents is 1. The smallest absolute Gasteiger partial charge is 0.285 e. The Morgan fingerprint density at radius 1 is 1.29 bits per heavy atom. The molecule has 0 aliphatic rings. The molecule has 8 heteroatoms. The number of hydrogen-bond donors (Lipinski definition) is 1. The van der Waals surface area contributed by atoms with Gasteiger partial charge < -0.3 is 5.32 Å². The van der Waals surface area contributed by atoms with Crippen molar-refractivity contribution in [2.45, 2.75) is 19.9 Å². The molecule has 0 spiro atoms. The summed E-state index contributed by atoms with van der Waals surface area (Å²) < 4.78 is 13.6. The fraction of sp³-hybridized carbons (Fsp3) is 0.188. The lowest BCUT2D eigenvalue weighted by molar-refractivity contribution is -0.385. The van der Waals surface area contributed by atoms with Crippen LogP contribution in [-0.2, 0) is 0 Å². The second kappa shape index (κ2) is 7.15. The van der Waals surface area contributed by atoms with Gasteiger partial charge in [0.25, 0.3) is 11.6 Å². The van der Waals surface area contributed by atoms with E-state index < -0.39 is 22.7 Å². The Hall–Kier alpha value is -2.18.